The third-order valence-corrected chi connectivity index (χ3v) is 4.58. The number of phenolic OH excluding ortho intramolecular Hbond substituents is 1. The summed E-state index contributed by atoms with van der Waals surface area (Å²) in [5, 5.41) is 24.0. The minimum atomic E-state index is -0.687. The molecule has 2 aromatic carbocycles. The molecular weight excluding hydrogens is 398 g/mol. The van der Waals surface area contributed by atoms with E-state index >= 15 is 0 Å². The summed E-state index contributed by atoms with van der Waals surface area (Å²) in [5.41, 5.74) is 3.75. The first-order chi connectivity index (χ1) is 14.4. The zero-order valence-electron chi connectivity index (χ0n) is 18.5. The fraction of sp³-hybridized carbons (Fsp3) is 0.391. The number of carbonyl (C=O) groups excluding carboxylic acids is 1. The van der Waals surface area contributed by atoms with Gasteiger partial charge < -0.3 is 9.84 Å². The van der Waals surface area contributed by atoms with Crippen LogP contribution in [-0.4, -0.2) is 28.8 Å². The van der Waals surface area contributed by atoms with Crippen molar-refractivity contribution in [3.63, 3.8) is 0 Å². The molecule has 8 heteroatoms. The number of hydrogen-bond acceptors (Lipinski definition) is 6. The van der Waals surface area contributed by atoms with Crippen molar-refractivity contribution in [2.24, 2.45) is 10.5 Å². The van der Waals surface area contributed by atoms with Gasteiger partial charge in [0.1, 0.15) is 5.75 Å². The minimum Gasteiger partial charge on any atom is -0.502 e. The van der Waals surface area contributed by atoms with E-state index in [4.69, 9.17) is 4.74 Å². The number of hydrazone groups is 1. The first kappa shape index (κ1) is 23.9. The van der Waals surface area contributed by atoms with E-state index in [1.54, 1.807) is 0 Å². The molecule has 8 nitrogen and oxygen atoms in total. The van der Waals surface area contributed by atoms with Crippen LogP contribution in [0.15, 0.2) is 47.6 Å². The Hall–Kier alpha value is -3.42. The minimum absolute atomic E-state index is 0.0230. The van der Waals surface area contributed by atoms with E-state index in [2.05, 4.69) is 45.1 Å². The van der Waals surface area contributed by atoms with Gasteiger partial charge in [0.25, 0.3) is 5.91 Å². The van der Waals surface area contributed by atoms with E-state index in [1.165, 1.54) is 23.9 Å². The van der Waals surface area contributed by atoms with Crippen LogP contribution in [0.25, 0.3) is 0 Å². The molecule has 0 aliphatic rings. The van der Waals surface area contributed by atoms with Gasteiger partial charge in [-0.2, -0.15) is 5.10 Å². The molecule has 0 aliphatic heterocycles. The van der Waals surface area contributed by atoms with Crippen LogP contribution in [0.4, 0.5) is 5.69 Å². The van der Waals surface area contributed by atoms with Crippen molar-refractivity contribution in [2.45, 2.75) is 46.5 Å². The van der Waals surface area contributed by atoms with Gasteiger partial charge in [0.15, 0.2) is 12.4 Å². The molecule has 0 unspecified atom stereocenters. The molecular formula is C23H29N3O5. The van der Waals surface area contributed by atoms with Crippen LogP contribution in [0.3, 0.4) is 0 Å². The second-order valence-corrected chi connectivity index (χ2v) is 9.23. The van der Waals surface area contributed by atoms with Crippen LogP contribution < -0.4 is 10.2 Å². The van der Waals surface area contributed by atoms with Crippen LogP contribution in [-0.2, 0) is 10.2 Å². The molecule has 0 heterocycles. The first-order valence-corrected chi connectivity index (χ1v) is 9.90. The Balaban J connectivity index is 1.87. The monoisotopic (exact) mass is 427 g/mol. The van der Waals surface area contributed by atoms with Crippen molar-refractivity contribution in [3.05, 3.63) is 63.7 Å². The summed E-state index contributed by atoms with van der Waals surface area (Å²) < 4.78 is 5.50. The van der Waals surface area contributed by atoms with Gasteiger partial charge >= 0.3 is 5.69 Å². The summed E-state index contributed by atoms with van der Waals surface area (Å²) in [6, 6.07) is 11.5. The largest absolute Gasteiger partial charge is 0.502 e. The smallest absolute Gasteiger partial charge is 0.310 e. The average Bonchev–Trinajstić information content (AvgIpc) is 2.64. The molecule has 0 aromatic heterocycles. The highest BCUT2D eigenvalue weighted by molar-refractivity contribution is 5.83. The number of rotatable bonds is 8. The molecule has 1 amide bonds. The maximum absolute atomic E-state index is 11.9. The molecule has 0 aliphatic carbocycles. The highest BCUT2D eigenvalue weighted by Gasteiger charge is 2.27. The molecule has 2 aromatic rings. The van der Waals surface area contributed by atoms with E-state index in [1.807, 2.05) is 24.3 Å². The molecule has 0 spiro atoms. The standard InChI is InChI=1S/C23H29N3O5/c1-22(2,3)15-23(4,5)17-7-9-18(10-8-17)31-14-21(28)25-24-13-16-6-11-19(26(29)30)20(27)12-16/h6-13,27H,14-15H2,1-5H3,(H,25,28). The Bertz CT molecular complexity index is 960. The molecule has 2 rings (SSSR count). The Morgan fingerprint density at radius 2 is 1.81 bits per heavy atom. The first-order valence-electron chi connectivity index (χ1n) is 9.90. The quantitative estimate of drug-likeness (QED) is 0.365. The zero-order valence-corrected chi connectivity index (χ0v) is 18.5. The fourth-order valence-corrected chi connectivity index (χ4v) is 3.57. The summed E-state index contributed by atoms with van der Waals surface area (Å²) in [6.45, 7) is 10.9. The lowest BCUT2D eigenvalue weighted by Gasteiger charge is -2.33. The molecule has 0 saturated carbocycles. The van der Waals surface area contributed by atoms with Gasteiger partial charge in [0.05, 0.1) is 11.1 Å². The van der Waals surface area contributed by atoms with Crippen LogP contribution in [0.5, 0.6) is 11.5 Å². The van der Waals surface area contributed by atoms with Gasteiger partial charge in [-0.05, 0) is 52.6 Å². The second kappa shape index (κ2) is 9.59. The van der Waals surface area contributed by atoms with Gasteiger partial charge in [-0.1, -0.05) is 46.8 Å². The molecule has 166 valence electrons. The van der Waals surface area contributed by atoms with Gasteiger partial charge in [0.2, 0.25) is 0 Å². The number of carbonyl (C=O) groups is 1. The number of hydrogen-bond donors (Lipinski definition) is 2. The SMILES string of the molecule is CC(C)(C)CC(C)(C)c1ccc(OCC(=O)NN=Cc2ccc([N+](=O)[O-])c(O)c2)cc1. The van der Waals surface area contributed by atoms with Crippen molar-refractivity contribution in [2.75, 3.05) is 6.61 Å². The molecule has 0 atom stereocenters. The Labute approximate surface area is 182 Å². The van der Waals surface area contributed by atoms with Crippen molar-refractivity contribution in [3.8, 4) is 11.5 Å². The van der Waals surface area contributed by atoms with E-state index in [9.17, 15) is 20.0 Å². The van der Waals surface area contributed by atoms with Gasteiger partial charge in [0, 0.05) is 6.07 Å². The number of nitrogens with one attached hydrogen (secondary N) is 1. The zero-order chi connectivity index (χ0) is 23.2. The summed E-state index contributed by atoms with van der Waals surface area (Å²) in [4.78, 5) is 21.9. The van der Waals surface area contributed by atoms with E-state index in [-0.39, 0.29) is 17.4 Å². The van der Waals surface area contributed by atoms with Crippen LogP contribution in [0, 0.1) is 15.5 Å². The van der Waals surface area contributed by atoms with Gasteiger partial charge in [-0.25, -0.2) is 5.43 Å². The number of nitro benzene ring substituents is 1. The van der Waals surface area contributed by atoms with Crippen molar-refractivity contribution >= 4 is 17.8 Å². The topological polar surface area (TPSA) is 114 Å². The number of nitrogens with zero attached hydrogens (tertiary/aromatic N) is 2. The van der Waals surface area contributed by atoms with Crippen LogP contribution in [0.1, 0.15) is 52.2 Å². The normalized spacial score (nSPS) is 12.0. The van der Waals surface area contributed by atoms with Crippen LogP contribution in [0.2, 0.25) is 0 Å². The van der Waals surface area contributed by atoms with E-state index in [0.717, 1.165) is 12.5 Å². The van der Waals surface area contributed by atoms with Crippen LogP contribution >= 0.6 is 0 Å². The van der Waals surface area contributed by atoms with E-state index in [0.29, 0.717) is 11.3 Å². The highest BCUT2D eigenvalue weighted by Crippen LogP contribution is 2.36. The fourth-order valence-electron chi connectivity index (χ4n) is 3.57. The Morgan fingerprint density at radius 3 is 2.35 bits per heavy atom. The molecule has 0 saturated heterocycles. The Kier molecular flexibility index (Phi) is 7.38. The number of phenols is 1. The maximum Gasteiger partial charge on any atom is 0.310 e. The Morgan fingerprint density at radius 1 is 1.16 bits per heavy atom. The number of benzene rings is 2. The summed E-state index contributed by atoms with van der Waals surface area (Å²) in [5.74, 6) is -0.355. The molecule has 0 fully saturated rings. The molecule has 31 heavy (non-hydrogen) atoms. The van der Waals surface area contributed by atoms with Crippen molar-refractivity contribution in [1.29, 1.82) is 0 Å². The second-order valence-electron chi connectivity index (χ2n) is 9.23. The lowest BCUT2D eigenvalue weighted by atomic mass is 9.72. The molecule has 0 radical (unpaired) electrons. The van der Waals surface area contributed by atoms with Gasteiger partial charge in [-0.3, -0.25) is 14.9 Å². The highest BCUT2D eigenvalue weighted by atomic mass is 16.6. The number of aromatic hydroxyl groups is 1. The summed E-state index contributed by atoms with van der Waals surface area (Å²) in [7, 11) is 0. The van der Waals surface area contributed by atoms with E-state index < -0.39 is 22.3 Å². The number of amides is 1. The van der Waals surface area contributed by atoms with Crippen molar-refractivity contribution in [1.82, 2.24) is 5.43 Å². The van der Waals surface area contributed by atoms with Gasteiger partial charge in [-0.15, -0.1) is 0 Å². The lowest BCUT2D eigenvalue weighted by Crippen LogP contribution is -2.25. The lowest BCUT2D eigenvalue weighted by molar-refractivity contribution is -0.385. The third-order valence-electron chi connectivity index (χ3n) is 4.58. The molecule has 2 N–H and O–H groups in total. The van der Waals surface area contributed by atoms with Crippen molar-refractivity contribution < 1.29 is 19.6 Å². The maximum atomic E-state index is 11.9. The summed E-state index contributed by atoms with van der Waals surface area (Å²) in [6.07, 6.45) is 2.31. The number of nitro groups is 1. The third kappa shape index (κ3) is 7.40. The average molecular weight is 428 g/mol. The molecule has 0 bridgehead atoms. The predicted octanol–water partition coefficient (Wildman–Crippen LogP) is 4.54. The number of ether oxygens (including phenoxy) is 1. The summed E-state index contributed by atoms with van der Waals surface area (Å²) >= 11 is 0. The predicted molar refractivity (Wildman–Crippen MR) is 120 cm³/mol.